The number of rotatable bonds is 6. The second kappa shape index (κ2) is 12.6. The Bertz CT molecular complexity index is 1710. The molecule has 1 amide bonds. The molecule has 1 saturated heterocycles. The molecule has 13 heteroatoms. The molecule has 0 saturated carbocycles. The second-order valence-corrected chi connectivity index (χ2v) is 10.2. The molecular formula is C30H35N11O2. The van der Waals surface area contributed by atoms with Crippen LogP contribution in [0.1, 0.15) is 34.0 Å². The summed E-state index contributed by atoms with van der Waals surface area (Å²) in [6, 6.07) is 10.8. The Hall–Kier alpha value is -5.38. The summed E-state index contributed by atoms with van der Waals surface area (Å²) in [5, 5.41) is 28.8. The summed E-state index contributed by atoms with van der Waals surface area (Å²) in [6.07, 6.45) is 0.853. The fourth-order valence-corrected chi connectivity index (χ4v) is 4.90. The fraction of sp³-hybridized carbons (Fsp3) is 0.333. The van der Waals surface area contributed by atoms with E-state index in [1.807, 2.05) is 39.1 Å². The molecular weight excluding hydrogens is 546 g/mol. The number of para-hydroxylation sites is 1. The van der Waals surface area contributed by atoms with Crippen molar-refractivity contribution in [3.05, 3.63) is 59.2 Å². The van der Waals surface area contributed by atoms with Crippen LogP contribution in [0.4, 0.5) is 23.1 Å². The lowest BCUT2D eigenvalue weighted by Gasteiger charge is -2.25. The van der Waals surface area contributed by atoms with E-state index in [1.165, 1.54) is 0 Å². The number of aromatic nitrogens is 6. The maximum atomic E-state index is 12.6. The van der Waals surface area contributed by atoms with Gasteiger partial charge in [0.05, 0.1) is 17.9 Å². The van der Waals surface area contributed by atoms with E-state index in [0.29, 0.717) is 47.5 Å². The Balaban J connectivity index is 1.28. The summed E-state index contributed by atoms with van der Waals surface area (Å²) in [5.41, 5.74) is 10.4. The predicted octanol–water partition coefficient (Wildman–Crippen LogP) is 2.11. The highest BCUT2D eigenvalue weighted by Crippen LogP contribution is 2.32. The minimum Gasteiger partial charge on any atom is -0.507 e. The number of nitrogen functional groups attached to an aromatic ring is 1. The molecule has 0 aliphatic carbocycles. The highest BCUT2D eigenvalue weighted by Gasteiger charge is 2.21. The lowest BCUT2D eigenvalue weighted by atomic mass is 10.1. The van der Waals surface area contributed by atoms with Crippen LogP contribution in [-0.2, 0) is 7.05 Å². The largest absolute Gasteiger partial charge is 0.507 e. The number of nitrogens with two attached hydrogens (primary N) is 1. The van der Waals surface area contributed by atoms with Crippen LogP contribution in [0.25, 0.3) is 11.3 Å². The molecule has 0 spiro atoms. The third-order valence-electron chi connectivity index (χ3n) is 7.50. The van der Waals surface area contributed by atoms with Crippen LogP contribution in [0.3, 0.4) is 0 Å². The molecule has 0 unspecified atom stereocenters. The molecule has 1 aromatic carbocycles. The first kappa shape index (κ1) is 29.1. The highest BCUT2D eigenvalue weighted by atomic mass is 16.3. The number of carbonyl (C=O) groups excluding carboxylic acids is 1. The van der Waals surface area contributed by atoms with Gasteiger partial charge in [-0.3, -0.25) is 9.48 Å². The number of anilines is 4. The second-order valence-electron chi connectivity index (χ2n) is 10.2. The monoisotopic (exact) mass is 581 g/mol. The van der Waals surface area contributed by atoms with Crippen LogP contribution >= 0.6 is 0 Å². The number of hydrogen-bond donors (Lipinski definition) is 4. The van der Waals surface area contributed by atoms with Crippen LogP contribution in [0.5, 0.6) is 5.75 Å². The lowest BCUT2D eigenvalue weighted by Crippen LogP contribution is -2.32. The Morgan fingerprint density at radius 1 is 1.07 bits per heavy atom. The van der Waals surface area contributed by atoms with Crippen LogP contribution in [0.2, 0.25) is 0 Å². The minimum atomic E-state index is -0.270. The molecule has 13 nitrogen and oxygen atoms in total. The van der Waals surface area contributed by atoms with E-state index in [4.69, 9.17) is 10.7 Å². The highest BCUT2D eigenvalue weighted by molar-refractivity contribution is 5.94. The average molecular weight is 582 g/mol. The van der Waals surface area contributed by atoms with Crippen molar-refractivity contribution < 1.29 is 9.90 Å². The molecule has 0 bridgehead atoms. The van der Waals surface area contributed by atoms with Crippen molar-refractivity contribution in [3.8, 4) is 28.8 Å². The topological polar surface area (TPSA) is 163 Å². The molecule has 5 rings (SSSR count). The van der Waals surface area contributed by atoms with Crippen LogP contribution in [0.15, 0.2) is 36.4 Å². The SMILES string of the molecule is CNc1cc(N2CCCN(c3cc(-c4ccccc4O)nnc3N)CC2)nc(C#CCNC(=O)c2nn(C)c(C)c2C)n1. The average Bonchev–Trinajstić information content (AvgIpc) is 3.16. The number of phenolic OH excluding ortho intramolecular Hbond substituents is 1. The van der Waals surface area contributed by atoms with Gasteiger partial charge in [0.25, 0.3) is 5.91 Å². The van der Waals surface area contributed by atoms with E-state index in [1.54, 1.807) is 29.9 Å². The van der Waals surface area contributed by atoms with E-state index in [9.17, 15) is 9.90 Å². The zero-order valence-electron chi connectivity index (χ0n) is 24.7. The standard InChI is InChI=1S/C30H35N11O2/c1-19-20(2)39(4)38-28(19)30(43)33-12-7-11-25-34-26(32-3)18-27(35-25)41-14-8-13-40(15-16-41)23-17-22(36-37-29(23)31)21-9-5-6-10-24(21)42/h5-6,9-10,17-18,42H,8,12-16H2,1-4H3,(H2,31,37)(H,33,43)(H,32,34,35). The summed E-state index contributed by atoms with van der Waals surface area (Å²) in [5.74, 6) is 7.90. The summed E-state index contributed by atoms with van der Waals surface area (Å²) < 4.78 is 1.69. The zero-order chi connectivity index (χ0) is 30.5. The van der Waals surface area contributed by atoms with E-state index in [-0.39, 0.29) is 18.2 Å². The number of aryl methyl sites for hydroxylation is 1. The molecule has 3 aromatic heterocycles. The van der Waals surface area contributed by atoms with Gasteiger partial charge in [-0.15, -0.1) is 10.2 Å². The molecule has 0 atom stereocenters. The van der Waals surface area contributed by atoms with Gasteiger partial charge in [0.1, 0.15) is 17.4 Å². The maximum Gasteiger partial charge on any atom is 0.272 e. The number of carbonyl (C=O) groups is 1. The van der Waals surface area contributed by atoms with Gasteiger partial charge in [0, 0.05) is 63.2 Å². The van der Waals surface area contributed by atoms with Crippen molar-refractivity contribution in [2.45, 2.75) is 20.3 Å². The van der Waals surface area contributed by atoms with Crippen molar-refractivity contribution in [2.75, 3.05) is 60.6 Å². The van der Waals surface area contributed by atoms with Crippen molar-refractivity contribution in [2.24, 2.45) is 7.05 Å². The molecule has 4 aromatic rings. The predicted molar refractivity (Wildman–Crippen MR) is 166 cm³/mol. The molecule has 1 fully saturated rings. The Morgan fingerprint density at radius 2 is 1.84 bits per heavy atom. The van der Waals surface area contributed by atoms with E-state index in [2.05, 4.69) is 52.6 Å². The van der Waals surface area contributed by atoms with Gasteiger partial charge >= 0.3 is 0 Å². The van der Waals surface area contributed by atoms with Crippen molar-refractivity contribution >= 4 is 29.0 Å². The van der Waals surface area contributed by atoms with E-state index in [0.717, 1.165) is 42.3 Å². The van der Waals surface area contributed by atoms with Crippen LogP contribution in [-0.4, -0.2) is 80.7 Å². The molecule has 222 valence electrons. The molecule has 1 aliphatic heterocycles. The summed E-state index contributed by atoms with van der Waals surface area (Å²) in [4.78, 5) is 26.1. The van der Waals surface area contributed by atoms with Gasteiger partial charge in [0.15, 0.2) is 11.5 Å². The number of benzene rings is 1. The van der Waals surface area contributed by atoms with Crippen LogP contribution < -0.4 is 26.2 Å². The van der Waals surface area contributed by atoms with E-state index >= 15 is 0 Å². The number of phenols is 1. The Labute approximate surface area is 250 Å². The molecule has 4 heterocycles. The van der Waals surface area contributed by atoms with Crippen molar-refractivity contribution in [3.63, 3.8) is 0 Å². The number of amides is 1. The van der Waals surface area contributed by atoms with Crippen LogP contribution in [0, 0.1) is 25.7 Å². The lowest BCUT2D eigenvalue weighted by molar-refractivity contribution is 0.0952. The normalized spacial score (nSPS) is 13.2. The quantitative estimate of drug-likeness (QED) is 0.247. The maximum absolute atomic E-state index is 12.6. The molecule has 0 radical (unpaired) electrons. The first-order chi connectivity index (χ1) is 20.7. The zero-order valence-corrected chi connectivity index (χ0v) is 24.7. The molecule has 1 aliphatic rings. The number of hydrogen-bond acceptors (Lipinski definition) is 11. The van der Waals surface area contributed by atoms with Gasteiger partial charge in [-0.25, -0.2) is 9.97 Å². The van der Waals surface area contributed by atoms with Gasteiger partial charge < -0.3 is 31.3 Å². The first-order valence-corrected chi connectivity index (χ1v) is 14.0. The fourth-order valence-electron chi connectivity index (χ4n) is 4.90. The summed E-state index contributed by atoms with van der Waals surface area (Å²) >= 11 is 0. The third kappa shape index (κ3) is 6.43. The number of nitrogens with zero attached hydrogens (tertiary/aromatic N) is 8. The first-order valence-electron chi connectivity index (χ1n) is 14.0. The smallest absolute Gasteiger partial charge is 0.272 e. The van der Waals surface area contributed by atoms with E-state index < -0.39 is 0 Å². The van der Waals surface area contributed by atoms with Crippen molar-refractivity contribution in [1.82, 2.24) is 35.3 Å². The minimum absolute atomic E-state index is 0.137. The Kier molecular flexibility index (Phi) is 8.56. The Morgan fingerprint density at radius 3 is 2.58 bits per heavy atom. The summed E-state index contributed by atoms with van der Waals surface area (Å²) in [7, 11) is 3.61. The number of aromatic hydroxyl groups is 1. The molecule has 43 heavy (non-hydrogen) atoms. The van der Waals surface area contributed by atoms with Crippen molar-refractivity contribution in [1.29, 1.82) is 0 Å². The number of nitrogens with one attached hydrogen (secondary N) is 2. The summed E-state index contributed by atoms with van der Waals surface area (Å²) in [6.45, 7) is 6.82. The molecule has 5 N–H and O–H groups in total. The van der Waals surface area contributed by atoms with Gasteiger partial charge in [-0.05, 0) is 44.4 Å². The van der Waals surface area contributed by atoms with Gasteiger partial charge in [-0.2, -0.15) is 5.10 Å². The van der Waals surface area contributed by atoms with Gasteiger partial charge in [0.2, 0.25) is 5.82 Å². The third-order valence-corrected chi connectivity index (χ3v) is 7.50. The van der Waals surface area contributed by atoms with Gasteiger partial charge in [-0.1, -0.05) is 18.1 Å².